The van der Waals surface area contributed by atoms with Crippen molar-refractivity contribution in [3.63, 3.8) is 0 Å². The van der Waals surface area contributed by atoms with Gasteiger partial charge in [-0.2, -0.15) is 5.26 Å². The van der Waals surface area contributed by atoms with Crippen LogP contribution in [0.1, 0.15) is 17.0 Å². The van der Waals surface area contributed by atoms with Gasteiger partial charge in [0, 0.05) is 5.56 Å². The predicted octanol–water partition coefficient (Wildman–Crippen LogP) is 3.32. The average molecular weight is 404 g/mol. The number of nitriles is 1. The van der Waals surface area contributed by atoms with E-state index in [4.69, 9.17) is 24.7 Å². The number of aromatic nitrogens is 2. The van der Waals surface area contributed by atoms with E-state index in [9.17, 15) is 5.26 Å². The summed E-state index contributed by atoms with van der Waals surface area (Å²) in [5, 5.41) is 17.2. The zero-order valence-corrected chi connectivity index (χ0v) is 16.7. The van der Waals surface area contributed by atoms with Crippen LogP contribution in [-0.4, -0.2) is 31.5 Å². The number of allylic oxidation sites excluding steroid dienone is 1. The van der Waals surface area contributed by atoms with E-state index in [1.807, 2.05) is 36.4 Å². The predicted molar refractivity (Wildman–Crippen MR) is 109 cm³/mol. The molecule has 0 fully saturated rings. The zero-order valence-electron chi connectivity index (χ0n) is 16.7. The van der Waals surface area contributed by atoms with E-state index >= 15 is 0 Å². The molecule has 4 rings (SSSR count). The van der Waals surface area contributed by atoms with Crippen LogP contribution in [0.15, 0.2) is 53.9 Å². The molecule has 0 saturated carbocycles. The Bertz CT molecular complexity index is 1160. The maximum absolute atomic E-state index is 9.91. The molecule has 0 saturated heterocycles. The molecule has 3 aromatic rings. The molecule has 1 aliphatic heterocycles. The number of ether oxygens (including phenoxy) is 4. The molecule has 3 N–H and O–H groups in total. The van der Waals surface area contributed by atoms with Gasteiger partial charge in [0.15, 0.2) is 11.5 Å². The lowest BCUT2D eigenvalue weighted by molar-refractivity contribution is 0.321. The smallest absolute Gasteiger partial charge is 0.244 e. The van der Waals surface area contributed by atoms with Gasteiger partial charge in [0.1, 0.15) is 11.6 Å². The Morgan fingerprint density at radius 3 is 2.40 bits per heavy atom. The molecule has 0 bridgehead atoms. The molecule has 30 heavy (non-hydrogen) atoms. The van der Waals surface area contributed by atoms with Crippen LogP contribution in [0.2, 0.25) is 0 Å². The molecule has 0 spiro atoms. The van der Waals surface area contributed by atoms with Gasteiger partial charge in [0.2, 0.25) is 17.5 Å². The average Bonchev–Trinajstić information content (AvgIpc) is 3.20. The van der Waals surface area contributed by atoms with E-state index in [0.717, 1.165) is 11.3 Å². The molecule has 2 heterocycles. The molecule has 0 aliphatic carbocycles. The van der Waals surface area contributed by atoms with E-state index < -0.39 is 5.92 Å². The van der Waals surface area contributed by atoms with Gasteiger partial charge in [-0.15, -0.1) is 5.10 Å². The summed E-state index contributed by atoms with van der Waals surface area (Å²) in [6.45, 7) is 0. The lowest BCUT2D eigenvalue weighted by Crippen LogP contribution is -2.21. The summed E-state index contributed by atoms with van der Waals surface area (Å²) in [7, 11) is 4.61. The summed E-state index contributed by atoms with van der Waals surface area (Å²) < 4.78 is 22.3. The normalized spacial score (nSPS) is 15.1. The molecule has 0 unspecified atom stereocenters. The molecular weight excluding hydrogens is 384 g/mol. The number of hydrogen-bond acceptors (Lipinski definition) is 7. The van der Waals surface area contributed by atoms with Gasteiger partial charge in [-0.3, -0.25) is 5.10 Å². The summed E-state index contributed by atoms with van der Waals surface area (Å²) in [5.41, 5.74) is 9.34. The van der Waals surface area contributed by atoms with Crippen LogP contribution in [0.5, 0.6) is 23.1 Å². The van der Waals surface area contributed by atoms with Crippen molar-refractivity contribution in [1.82, 2.24) is 10.2 Å². The first-order chi connectivity index (χ1) is 14.6. The zero-order chi connectivity index (χ0) is 21.3. The molecule has 1 aromatic heterocycles. The Balaban J connectivity index is 2.01. The molecule has 0 radical (unpaired) electrons. The second-order valence-electron chi connectivity index (χ2n) is 6.53. The number of fused-ring (bicyclic) bond motifs is 1. The van der Waals surface area contributed by atoms with Gasteiger partial charge in [0.25, 0.3) is 0 Å². The monoisotopic (exact) mass is 404 g/mol. The lowest BCUT2D eigenvalue weighted by Gasteiger charge is -2.26. The minimum atomic E-state index is -0.581. The molecule has 1 atom stereocenters. The Morgan fingerprint density at radius 2 is 1.77 bits per heavy atom. The molecule has 0 amide bonds. The minimum absolute atomic E-state index is 0.00190. The van der Waals surface area contributed by atoms with Crippen LogP contribution < -0.4 is 24.7 Å². The second kappa shape index (κ2) is 7.72. The number of nitrogens with two attached hydrogens (primary N) is 1. The second-order valence-corrected chi connectivity index (χ2v) is 6.53. The van der Waals surface area contributed by atoms with E-state index in [1.54, 1.807) is 13.2 Å². The Labute approximate surface area is 173 Å². The third-order valence-electron chi connectivity index (χ3n) is 5.05. The van der Waals surface area contributed by atoms with Crippen molar-refractivity contribution >= 4 is 0 Å². The fraction of sp³-hybridized carbons (Fsp3) is 0.182. The molecule has 8 heteroatoms. The molecular formula is C22H20N4O4. The fourth-order valence-corrected chi connectivity index (χ4v) is 3.73. The topological polar surface area (TPSA) is 115 Å². The van der Waals surface area contributed by atoms with Gasteiger partial charge in [-0.05, 0) is 11.6 Å². The van der Waals surface area contributed by atoms with Crippen molar-refractivity contribution in [3.8, 4) is 40.5 Å². The Kier molecular flexibility index (Phi) is 4.94. The Hall–Kier alpha value is -4.12. The van der Waals surface area contributed by atoms with E-state index in [2.05, 4.69) is 16.3 Å². The summed E-state index contributed by atoms with van der Waals surface area (Å²) in [4.78, 5) is 0. The van der Waals surface area contributed by atoms with E-state index in [-0.39, 0.29) is 11.5 Å². The molecule has 2 aromatic carbocycles. The summed E-state index contributed by atoms with van der Waals surface area (Å²) in [6, 6.07) is 15.5. The van der Waals surface area contributed by atoms with E-state index in [0.29, 0.717) is 34.3 Å². The third kappa shape index (κ3) is 2.88. The quantitative estimate of drug-likeness (QED) is 0.670. The number of aromatic amines is 1. The summed E-state index contributed by atoms with van der Waals surface area (Å²) in [5.74, 6) is 1.10. The largest absolute Gasteiger partial charge is 0.493 e. The first-order valence-corrected chi connectivity index (χ1v) is 9.14. The van der Waals surface area contributed by atoms with Gasteiger partial charge in [0.05, 0.1) is 38.5 Å². The number of rotatable bonds is 5. The maximum atomic E-state index is 9.91. The van der Waals surface area contributed by atoms with Gasteiger partial charge >= 0.3 is 0 Å². The highest BCUT2D eigenvalue weighted by Gasteiger charge is 2.38. The Morgan fingerprint density at radius 1 is 1.03 bits per heavy atom. The van der Waals surface area contributed by atoms with Crippen molar-refractivity contribution in [2.45, 2.75) is 5.92 Å². The van der Waals surface area contributed by atoms with Crippen molar-refractivity contribution in [2.24, 2.45) is 5.73 Å². The first-order valence-electron chi connectivity index (χ1n) is 9.14. The summed E-state index contributed by atoms with van der Waals surface area (Å²) >= 11 is 0. The van der Waals surface area contributed by atoms with Crippen molar-refractivity contribution in [3.05, 3.63) is 65.0 Å². The number of benzene rings is 2. The number of H-pyrrole nitrogens is 1. The standard InChI is InChI=1S/C22H20N4O4/c1-27-15-10-9-13(19(28-2)20(15)29-3)16-14(11-23)21(24)30-22-17(16)18(25-26-22)12-7-5-4-6-8-12/h4-10,16H,24H2,1-3H3,(H,25,26)/t16-/m0/s1. The highest BCUT2D eigenvalue weighted by molar-refractivity contribution is 5.72. The number of hydrogen-bond donors (Lipinski definition) is 2. The third-order valence-corrected chi connectivity index (χ3v) is 5.05. The molecule has 8 nitrogen and oxygen atoms in total. The molecule has 1 aliphatic rings. The van der Waals surface area contributed by atoms with Gasteiger partial charge in [-0.1, -0.05) is 36.4 Å². The summed E-state index contributed by atoms with van der Waals surface area (Å²) in [6.07, 6.45) is 0. The van der Waals surface area contributed by atoms with Crippen LogP contribution in [-0.2, 0) is 0 Å². The van der Waals surface area contributed by atoms with Crippen molar-refractivity contribution in [1.29, 1.82) is 5.26 Å². The number of nitrogens with zero attached hydrogens (tertiary/aromatic N) is 2. The van der Waals surface area contributed by atoms with Crippen LogP contribution in [0.4, 0.5) is 0 Å². The van der Waals surface area contributed by atoms with Crippen molar-refractivity contribution < 1.29 is 18.9 Å². The number of methoxy groups -OCH3 is 3. The van der Waals surface area contributed by atoms with Gasteiger partial charge in [-0.25, -0.2) is 0 Å². The van der Waals surface area contributed by atoms with Crippen LogP contribution >= 0.6 is 0 Å². The van der Waals surface area contributed by atoms with Crippen LogP contribution in [0, 0.1) is 11.3 Å². The first kappa shape index (κ1) is 19.2. The van der Waals surface area contributed by atoms with Crippen molar-refractivity contribution in [2.75, 3.05) is 21.3 Å². The SMILES string of the molecule is COc1ccc([C@H]2C(C#N)=C(N)Oc3n[nH]c(-c4ccccc4)c32)c(OC)c1OC. The van der Waals surface area contributed by atoms with Gasteiger partial charge < -0.3 is 24.7 Å². The maximum Gasteiger partial charge on any atom is 0.244 e. The minimum Gasteiger partial charge on any atom is -0.493 e. The fourth-order valence-electron chi connectivity index (χ4n) is 3.73. The van der Waals surface area contributed by atoms with E-state index in [1.165, 1.54) is 14.2 Å². The lowest BCUT2D eigenvalue weighted by atomic mass is 9.82. The molecule has 152 valence electrons. The van der Waals surface area contributed by atoms with Crippen LogP contribution in [0.25, 0.3) is 11.3 Å². The highest BCUT2D eigenvalue weighted by Crippen LogP contribution is 2.51. The van der Waals surface area contributed by atoms with Crippen LogP contribution in [0.3, 0.4) is 0 Å². The number of nitrogens with one attached hydrogen (secondary N) is 1. The highest BCUT2D eigenvalue weighted by atomic mass is 16.5.